The summed E-state index contributed by atoms with van der Waals surface area (Å²) < 4.78 is 4.23. The Morgan fingerprint density at radius 3 is 2.92 bits per heavy atom. The lowest BCUT2D eigenvalue weighted by molar-refractivity contribution is 0.540. The summed E-state index contributed by atoms with van der Waals surface area (Å²) >= 11 is 3.45. The largest absolute Gasteiger partial charge is 0.303 e. The van der Waals surface area contributed by atoms with Crippen molar-refractivity contribution in [3.63, 3.8) is 0 Å². The van der Waals surface area contributed by atoms with E-state index in [-0.39, 0.29) is 0 Å². The molecule has 7 nitrogen and oxygen atoms in total. The third-order valence-electron chi connectivity index (χ3n) is 4.22. The smallest absolute Gasteiger partial charge is 0.191 e. The summed E-state index contributed by atoms with van der Waals surface area (Å²) in [6.45, 7) is 3.05. The fraction of sp³-hybridized carbons (Fsp3) is 0.562. The van der Waals surface area contributed by atoms with E-state index in [4.69, 9.17) is 0 Å². The predicted octanol–water partition coefficient (Wildman–Crippen LogP) is 3.34. The van der Waals surface area contributed by atoms with Crippen LogP contribution in [0, 0.1) is 0 Å². The number of thiophene rings is 1. The fourth-order valence-corrected chi connectivity index (χ4v) is 4.39. The Hall–Kier alpha value is -1.74. The van der Waals surface area contributed by atoms with E-state index in [9.17, 15) is 0 Å². The minimum atomic E-state index is 0.559. The first-order valence-electron chi connectivity index (χ1n) is 8.69. The number of nitrogens with zero attached hydrogens (tertiary/aromatic N) is 7. The molecule has 0 amide bonds. The molecule has 3 aromatic rings. The third-order valence-corrected chi connectivity index (χ3v) is 6.03. The van der Waals surface area contributed by atoms with Crippen molar-refractivity contribution in [1.29, 1.82) is 0 Å². The third kappa shape index (κ3) is 3.92. The molecule has 25 heavy (non-hydrogen) atoms. The Morgan fingerprint density at radius 2 is 2.16 bits per heavy atom. The van der Waals surface area contributed by atoms with Gasteiger partial charge in [-0.3, -0.25) is 0 Å². The van der Waals surface area contributed by atoms with Crippen LogP contribution in [-0.4, -0.2) is 35.0 Å². The van der Waals surface area contributed by atoms with Crippen LogP contribution in [0.5, 0.6) is 0 Å². The molecule has 1 fully saturated rings. The van der Waals surface area contributed by atoms with Gasteiger partial charge in [-0.1, -0.05) is 31.2 Å². The number of hydrogen-bond donors (Lipinski definition) is 0. The first kappa shape index (κ1) is 16.7. The summed E-state index contributed by atoms with van der Waals surface area (Å²) in [5.41, 5.74) is 0. The molecule has 0 saturated heterocycles. The molecule has 0 atom stereocenters. The highest BCUT2D eigenvalue weighted by Gasteiger charge is 2.29. The van der Waals surface area contributed by atoms with Crippen molar-refractivity contribution in [3.8, 4) is 0 Å². The number of rotatable bonds is 9. The molecule has 1 aliphatic rings. The van der Waals surface area contributed by atoms with Crippen molar-refractivity contribution in [1.82, 2.24) is 35.0 Å². The van der Waals surface area contributed by atoms with E-state index in [1.54, 1.807) is 23.1 Å². The van der Waals surface area contributed by atoms with Crippen molar-refractivity contribution >= 4 is 23.1 Å². The summed E-state index contributed by atoms with van der Waals surface area (Å²) in [7, 11) is 0. The van der Waals surface area contributed by atoms with Gasteiger partial charge < -0.3 is 4.57 Å². The highest BCUT2D eigenvalue weighted by Crippen LogP contribution is 2.39. The van der Waals surface area contributed by atoms with Crippen molar-refractivity contribution in [2.45, 2.75) is 62.5 Å². The molecule has 0 aromatic carbocycles. The molecule has 4 rings (SSSR count). The summed E-state index contributed by atoms with van der Waals surface area (Å²) in [4.78, 5) is 1.33. The Balaban J connectivity index is 1.47. The van der Waals surface area contributed by atoms with Gasteiger partial charge in [-0.05, 0) is 41.1 Å². The van der Waals surface area contributed by atoms with Gasteiger partial charge in [-0.15, -0.1) is 26.6 Å². The number of unbranched alkanes of at least 4 members (excludes halogenated alkanes) is 1. The first-order valence-corrected chi connectivity index (χ1v) is 10.6. The van der Waals surface area contributed by atoms with Gasteiger partial charge in [0.1, 0.15) is 5.82 Å². The molecular weight excluding hydrogens is 354 g/mol. The second-order valence-electron chi connectivity index (χ2n) is 6.22. The maximum atomic E-state index is 4.46. The van der Waals surface area contributed by atoms with Crippen molar-refractivity contribution in [3.05, 3.63) is 34.0 Å². The standard InChI is InChI=1S/C16H21N7S2/c1-2-3-8-22-15(18-20-21-22)11-25-16-19-17-14(23(16)12-6-7-12)10-13-5-4-9-24-13/h4-5,9,12H,2-3,6-8,10-11H2,1H3. The topological polar surface area (TPSA) is 74.3 Å². The van der Waals surface area contributed by atoms with Crippen molar-refractivity contribution in [2.24, 2.45) is 0 Å². The monoisotopic (exact) mass is 375 g/mol. The van der Waals surface area contributed by atoms with Gasteiger partial charge in [0.2, 0.25) is 0 Å². The SMILES string of the molecule is CCCCn1nnnc1CSc1nnc(Cc2cccs2)n1C1CC1. The number of hydrogen-bond acceptors (Lipinski definition) is 7. The van der Waals surface area contributed by atoms with E-state index in [2.05, 4.69) is 54.7 Å². The Labute approximate surface area is 154 Å². The molecule has 0 bridgehead atoms. The van der Waals surface area contributed by atoms with Crippen LogP contribution in [0.4, 0.5) is 0 Å². The molecule has 132 valence electrons. The van der Waals surface area contributed by atoms with E-state index in [0.29, 0.717) is 6.04 Å². The molecule has 0 spiro atoms. The van der Waals surface area contributed by atoms with Gasteiger partial charge >= 0.3 is 0 Å². The molecule has 3 aromatic heterocycles. The Kier molecular flexibility index (Phi) is 5.12. The number of tetrazole rings is 1. The van der Waals surface area contributed by atoms with Gasteiger partial charge in [0.15, 0.2) is 11.0 Å². The molecule has 3 heterocycles. The molecule has 0 N–H and O–H groups in total. The second-order valence-corrected chi connectivity index (χ2v) is 8.19. The van der Waals surface area contributed by atoms with Crippen LogP contribution in [0.15, 0.2) is 22.7 Å². The van der Waals surface area contributed by atoms with Gasteiger partial charge in [-0.25, -0.2) is 4.68 Å². The number of aromatic nitrogens is 7. The van der Waals surface area contributed by atoms with Crippen LogP contribution >= 0.6 is 23.1 Å². The maximum absolute atomic E-state index is 4.46. The van der Waals surface area contributed by atoms with Crippen LogP contribution in [0.25, 0.3) is 0 Å². The average Bonchev–Trinajstić information content (AvgIpc) is 3.02. The molecule has 9 heteroatoms. The van der Waals surface area contributed by atoms with Crippen LogP contribution < -0.4 is 0 Å². The molecule has 0 radical (unpaired) electrons. The molecule has 1 aliphatic carbocycles. The van der Waals surface area contributed by atoms with E-state index in [0.717, 1.165) is 48.4 Å². The minimum Gasteiger partial charge on any atom is -0.303 e. The zero-order chi connectivity index (χ0) is 17.1. The van der Waals surface area contributed by atoms with Crippen LogP contribution in [0.1, 0.15) is 55.2 Å². The number of thioether (sulfide) groups is 1. The molecule has 0 aliphatic heterocycles. The summed E-state index contributed by atoms with van der Waals surface area (Å²) in [6.07, 6.45) is 5.52. The Bertz CT molecular complexity index is 804. The quantitative estimate of drug-likeness (QED) is 0.534. The molecule has 0 unspecified atom stereocenters. The minimum absolute atomic E-state index is 0.559. The first-order chi connectivity index (χ1) is 12.3. The summed E-state index contributed by atoms with van der Waals surface area (Å²) in [6, 6.07) is 4.80. The van der Waals surface area contributed by atoms with Gasteiger partial charge in [0.05, 0.1) is 5.75 Å². The van der Waals surface area contributed by atoms with Gasteiger partial charge in [0.25, 0.3) is 0 Å². The summed E-state index contributed by atoms with van der Waals surface area (Å²) in [5.74, 6) is 2.70. The van der Waals surface area contributed by atoms with Gasteiger partial charge in [0, 0.05) is 23.9 Å². The van der Waals surface area contributed by atoms with E-state index < -0.39 is 0 Å². The summed E-state index contributed by atoms with van der Waals surface area (Å²) in [5, 5.41) is 24.1. The van der Waals surface area contributed by atoms with E-state index in [1.807, 2.05) is 4.68 Å². The second kappa shape index (κ2) is 7.65. The fourth-order valence-electron chi connectivity index (χ4n) is 2.73. The highest BCUT2D eigenvalue weighted by atomic mass is 32.2. The van der Waals surface area contributed by atoms with Crippen molar-refractivity contribution in [2.75, 3.05) is 0 Å². The lowest BCUT2D eigenvalue weighted by Gasteiger charge is -2.08. The average molecular weight is 376 g/mol. The van der Waals surface area contributed by atoms with Crippen molar-refractivity contribution < 1.29 is 0 Å². The lowest BCUT2D eigenvalue weighted by Crippen LogP contribution is -2.06. The van der Waals surface area contributed by atoms with E-state index in [1.165, 1.54) is 17.7 Å². The zero-order valence-corrected chi connectivity index (χ0v) is 15.8. The highest BCUT2D eigenvalue weighted by molar-refractivity contribution is 7.98. The van der Waals surface area contributed by atoms with Crippen LogP contribution in [-0.2, 0) is 18.7 Å². The zero-order valence-electron chi connectivity index (χ0n) is 14.2. The maximum Gasteiger partial charge on any atom is 0.191 e. The predicted molar refractivity (Wildman–Crippen MR) is 97.7 cm³/mol. The van der Waals surface area contributed by atoms with Gasteiger partial charge in [-0.2, -0.15) is 0 Å². The van der Waals surface area contributed by atoms with Crippen LogP contribution in [0.3, 0.4) is 0 Å². The lowest BCUT2D eigenvalue weighted by atomic mass is 10.3. The molecule has 1 saturated carbocycles. The Morgan fingerprint density at radius 1 is 1.24 bits per heavy atom. The van der Waals surface area contributed by atoms with Crippen LogP contribution in [0.2, 0.25) is 0 Å². The number of aryl methyl sites for hydroxylation is 1. The molecular formula is C16H21N7S2. The normalized spacial score (nSPS) is 14.3. The van der Waals surface area contributed by atoms with E-state index >= 15 is 0 Å².